The Labute approximate surface area is 188 Å². The molecule has 0 radical (unpaired) electrons. The minimum absolute atomic E-state index is 0.209. The van der Waals surface area contributed by atoms with E-state index in [1.54, 1.807) is 14.2 Å². The van der Waals surface area contributed by atoms with Crippen molar-refractivity contribution in [2.45, 2.75) is 70.9 Å². The Morgan fingerprint density at radius 3 is 2.26 bits per heavy atom. The number of hydrogen-bond donors (Lipinski definition) is 1. The molecule has 1 saturated carbocycles. The van der Waals surface area contributed by atoms with Crippen molar-refractivity contribution in [1.82, 2.24) is 5.32 Å². The first kappa shape index (κ1) is 23.5. The molecule has 4 heteroatoms. The fourth-order valence-corrected chi connectivity index (χ4v) is 4.76. The van der Waals surface area contributed by atoms with Crippen LogP contribution in [0.4, 0.5) is 0 Å². The maximum atomic E-state index is 5.85. The van der Waals surface area contributed by atoms with E-state index in [1.165, 1.54) is 43.2 Å². The highest BCUT2D eigenvalue weighted by Crippen LogP contribution is 2.38. The van der Waals surface area contributed by atoms with Gasteiger partial charge in [0.05, 0.1) is 20.3 Å². The fraction of sp³-hybridized carbons (Fsp3) is 0.556. The van der Waals surface area contributed by atoms with Crippen molar-refractivity contribution in [3.63, 3.8) is 0 Å². The van der Waals surface area contributed by atoms with Crippen LogP contribution >= 0.6 is 0 Å². The molecular weight excluding hydrogens is 386 g/mol. The molecule has 170 valence electrons. The topological polar surface area (TPSA) is 39.7 Å². The second-order valence-corrected chi connectivity index (χ2v) is 8.90. The molecule has 1 aliphatic rings. The molecular formula is C27H39NO3. The zero-order valence-electron chi connectivity index (χ0n) is 19.7. The number of hydrogen-bond acceptors (Lipinski definition) is 4. The molecule has 0 saturated heterocycles. The van der Waals surface area contributed by atoms with Gasteiger partial charge in [-0.15, -0.1) is 0 Å². The molecule has 0 aliphatic heterocycles. The summed E-state index contributed by atoms with van der Waals surface area (Å²) in [6, 6.07) is 15.0. The minimum Gasteiger partial charge on any atom is -0.493 e. The average Bonchev–Trinajstić information content (AvgIpc) is 2.80. The highest BCUT2D eigenvalue weighted by atomic mass is 16.5. The summed E-state index contributed by atoms with van der Waals surface area (Å²) in [4.78, 5) is 0. The van der Waals surface area contributed by atoms with Gasteiger partial charge < -0.3 is 19.5 Å². The van der Waals surface area contributed by atoms with Crippen LogP contribution in [0.3, 0.4) is 0 Å². The molecule has 1 fully saturated rings. The zero-order chi connectivity index (χ0) is 22.1. The van der Waals surface area contributed by atoms with E-state index < -0.39 is 0 Å². The van der Waals surface area contributed by atoms with Crippen molar-refractivity contribution in [2.24, 2.45) is 5.92 Å². The van der Waals surface area contributed by atoms with Crippen LogP contribution < -0.4 is 19.5 Å². The first-order valence-corrected chi connectivity index (χ1v) is 11.8. The zero-order valence-corrected chi connectivity index (χ0v) is 19.7. The van der Waals surface area contributed by atoms with Gasteiger partial charge in [-0.2, -0.15) is 0 Å². The molecule has 1 N–H and O–H groups in total. The molecule has 0 aromatic heterocycles. The number of benzene rings is 2. The molecule has 2 aromatic carbocycles. The van der Waals surface area contributed by atoms with Gasteiger partial charge in [-0.1, -0.05) is 37.5 Å². The van der Waals surface area contributed by atoms with E-state index in [4.69, 9.17) is 14.2 Å². The Hall–Kier alpha value is -2.20. The van der Waals surface area contributed by atoms with Gasteiger partial charge in [0, 0.05) is 6.54 Å². The Bertz CT molecular complexity index is 782. The molecule has 0 spiro atoms. The lowest BCUT2D eigenvalue weighted by atomic mass is 9.75. The Kier molecular flexibility index (Phi) is 9.08. The summed E-state index contributed by atoms with van der Waals surface area (Å²) in [7, 11) is 3.35. The monoisotopic (exact) mass is 425 g/mol. The summed E-state index contributed by atoms with van der Waals surface area (Å²) in [6.45, 7) is 5.98. The Balaban J connectivity index is 1.60. The van der Waals surface area contributed by atoms with E-state index in [-0.39, 0.29) is 6.10 Å². The van der Waals surface area contributed by atoms with Crippen LogP contribution in [0.2, 0.25) is 0 Å². The maximum absolute atomic E-state index is 5.85. The number of ether oxygens (including phenoxy) is 3. The average molecular weight is 426 g/mol. The molecule has 4 nitrogen and oxygen atoms in total. The van der Waals surface area contributed by atoms with Crippen molar-refractivity contribution < 1.29 is 14.2 Å². The first-order chi connectivity index (χ1) is 15.1. The summed E-state index contributed by atoms with van der Waals surface area (Å²) in [5.74, 6) is 3.91. The molecule has 1 unspecified atom stereocenters. The third-order valence-corrected chi connectivity index (χ3v) is 6.31. The van der Waals surface area contributed by atoms with Crippen LogP contribution in [-0.2, 0) is 6.54 Å². The molecule has 1 atom stereocenters. The van der Waals surface area contributed by atoms with E-state index in [9.17, 15) is 0 Å². The van der Waals surface area contributed by atoms with Crippen molar-refractivity contribution >= 4 is 0 Å². The van der Waals surface area contributed by atoms with Gasteiger partial charge in [0.25, 0.3) is 0 Å². The SMILES string of the molecule is COc1ccc(CNCCC(c2ccc(OC(C)C)cc2)C2CCCCC2)cc1OC. The van der Waals surface area contributed by atoms with Crippen LogP contribution in [0.25, 0.3) is 0 Å². The lowest BCUT2D eigenvalue weighted by Crippen LogP contribution is -2.22. The van der Waals surface area contributed by atoms with E-state index >= 15 is 0 Å². The maximum Gasteiger partial charge on any atom is 0.161 e. The number of rotatable bonds is 11. The van der Waals surface area contributed by atoms with Crippen LogP contribution in [0.1, 0.15) is 69.4 Å². The van der Waals surface area contributed by atoms with Gasteiger partial charge in [0.1, 0.15) is 5.75 Å². The van der Waals surface area contributed by atoms with E-state index in [0.29, 0.717) is 5.92 Å². The highest BCUT2D eigenvalue weighted by molar-refractivity contribution is 5.42. The molecule has 2 aromatic rings. The van der Waals surface area contributed by atoms with Crippen LogP contribution in [0.5, 0.6) is 17.2 Å². The number of nitrogens with one attached hydrogen (secondary N) is 1. The summed E-state index contributed by atoms with van der Waals surface area (Å²) >= 11 is 0. The second-order valence-electron chi connectivity index (χ2n) is 8.90. The fourth-order valence-electron chi connectivity index (χ4n) is 4.76. The quantitative estimate of drug-likeness (QED) is 0.427. The third kappa shape index (κ3) is 6.90. The van der Waals surface area contributed by atoms with Crippen LogP contribution in [0, 0.1) is 5.92 Å². The molecule has 0 bridgehead atoms. The third-order valence-electron chi connectivity index (χ3n) is 6.31. The van der Waals surface area contributed by atoms with Crippen LogP contribution in [0.15, 0.2) is 42.5 Å². The molecule has 0 amide bonds. The van der Waals surface area contributed by atoms with Gasteiger partial charge >= 0.3 is 0 Å². The van der Waals surface area contributed by atoms with Gasteiger partial charge in [0.15, 0.2) is 11.5 Å². The van der Waals surface area contributed by atoms with E-state index in [2.05, 4.69) is 55.6 Å². The standard InChI is InChI=1S/C27H39NO3/c1-20(2)31-24-13-11-23(12-14-24)25(22-8-6-5-7-9-22)16-17-28-19-21-10-15-26(29-3)27(18-21)30-4/h10-15,18,20,22,25,28H,5-9,16-17,19H2,1-4H3. The predicted octanol–water partition coefficient (Wildman–Crippen LogP) is 6.33. The van der Waals surface area contributed by atoms with Gasteiger partial charge in [-0.3, -0.25) is 0 Å². The predicted molar refractivity (Wildman–Crippen MR) is 127 cm³/mol. The second kappa shape index (κ2) is 12.0. The van der Waals surface area contributed by atoms with Crippen molar-refractivity contribution in [1.29, 1.82) is 0 Å². The highest BCUT2D eigenvalue weighted by Gasteiger charge is 2.24. The summed E-state index contributed by atoms with van der Waals surface area (Å²) < 4.78 is 16.6. The van der Waals surface area contributed by atoms with Gasteiger partial charge in [-0.05, 0) is 86.9 Å². The molecule has 31 heavy (non-hydrogen) atoms. The van der Waals surface area contributed by atoms with Crippen molar-refractivity contribution in [3.05, 3.63) is 53.6 Å². The van der Waals surface area contributed by atoms with Gasteiger partial charge in [0.2, 0.25) is 0 Å². The lowest BCUT2D eigenvalue weighted by molar-refractivity contribution is 0.242. The smallest absolute Gasteiger partial charge is 0.161 e. The lowest BCUT2D eigenvalue weighted by Gasteiger charge is -2.31. The van der Waals surface area contributed by atoms with E-state index in [1.807, 2.05) is 6.07 Å². The molecule has 1 aliphatic carbocycles. The summed E-state index contributed by atoms with van der Waals surface area (Å²) in [5.41, 5.74) is 2.66. The van der Waals surface area contributed by atoms with Crippen LogP contribution in [-0.4, -0.2) is 26.9 Å². The summed E-state index contributed by atoms with van der Waals surface area (Å²) in [5, 5.41) is 3.65. The van der Waals surface area contributed by atoms with Crippen molar-refractivity contribution in [3.8, 4) is 17.2 Å². The normalized spacial score (nSPS) is 15.6. The Morgan fingerprint density at radius 1 is 0.903 bits per heavy atom. The first-order valence-electron chi connectivity index (χ1n) is 11.8. The number of methoxy groups -OCH3 is 2. The Morgan fingerprint density at radius 2 is 1.61 bits per heavy atom. The molecule has 0 heterocycles. The largest absolute Gasteiger partial charge is 0.493 e. The minimum atomic E-state index is 0.209. The van der Waals surface area contributed by atoms with Crippen molar-refractivity contribution in [2.75, 3.05) is 20.8 Å². The summed E-state index contributed by atoms with van der Waals surface area (Å²) in [6.07, 6.45) is 8.20. The van der Waals surface area contributed by atoms with Gasteiger partial charge in [-0.25, -0.2) is 0 Å². The van der Waals surface area contributed by atoms with E-state index in [0.717, 1.165) is 42.7 Å². The molecule has 3 rings (SSSR count).